The lowest BCUT2D eigenvalue weighted by atomic mass is 10.0. The Morgan fingerprint density at radius 3 is 2.54 bits per heavy atom. The van der Waals surface area contributed by atoms with Gasteiger partial charge in [-0.15, -0.1) is 0 Å². The van der Waals surface area contributed by atoms with Crippen LogP contribution in [0.4, 0.5) is 24.7 Å². The molecule has 0 radical (unpaired) electrons. The Labute approximate surface area is 134 Å². The second-order valence-corrected chi connectivity index (χ2v) is 5.11. The quantitative estimate of drug-likeness (QED) is 0.742. The van der Waals surface area contributed by atoms with E-state index in [4.69, 9.17) is 5.21 Å². The molecule has 10 heteroatoms. The Balaban J connectivity index is 2.05. The molecule has 126 valence electrons. The summed E-state index contributed by atoms with van der Waals surface area (Å²) in [6, 6.07) is 5.62. The van der Waals surface area contributed by atoms with Crippen LogP contribution in [0.2, 0.25) is 0 Å². The number of nitrogens with one attached hydrogen (secondary N) is 1. The molecular weight excluding hydrogens is 327 g/mol. The number of rotatable bonds is 3. The number of aromatic nitrogens is 2. The molecule has 3 heterocycles. The fraction of sp³-hybridized carbons (Fsp3) is 0.214. The van der Waals surface area contributed by atoms with E-state index in [2.05, 4.69) is 15.1 Å². The number of anilines is 2. The van der Waals surface area contributed by atoms with Crippen molar-refractivity contribution in [2.45, 2.75) is 18.3 Å². The van der Waals surface area contributed by atoms with E-state index in [1.54, 1.807) is 12.1 Å². The zero-order chi connectivity index (χ0) is 17.4. The minimum Gasteiger partial charge on any atom is -0.362 e. The van der Waals surface area contributed by atoms with Crippen molar-refractivity contribution in [3.8, 4) is 0 Å². The summed E-state index contributed by atoms with van der Waals surface area (Å²) in [5.74, 6) is -0.215. The lowest BCUT2D eigenvalue weighted by Gasteiger charge is -2.33. The molecule has 1 unspecified atom stereocenters. The summed E-state index contributed by atoms with van der Waals surface area (Å²) < 4.78 is 40.4. The van der Waals surface area contributed by atoms with E-state index < -0.39 is 18.3 Å². The zero-order valence-corrected chi connectivity index (χ0v) is 12.1. The molecule has 3 rings (SSSR count). The molecule has 0 spiro atoms. The van der Waals surface area contributed by atoms with Crippen LogP contribution < -0.4 is 10.5 Å². The number of hydrazone groups is 1. The largest absolute Gasteiger partial charge is 0.438 e. The van der Waals surface area contributed by atoms with Crippen molar-refractivity contribution in [3.05, 3.63) is 48.4 Å². The molecule has 2 aromatic heterocycles. The summed E-state index contributed by atoms with van der Waals surface area (Å²) in [7, 11) is 0. The first kappa shape index (κ1) is 16.1. The molecule has 0 bridgehead atoms. The molecule has 2 aromatic rings. The summed E-state index contributed by atoms with van der Waals surface area (Å²) in [5, 5.41) is 23.3. The molecule has 1 atom stereocenters. The van der Waals surface area contributed by atoms with Crippen LogP contribution in [0.1, 0.15) is 12.0 Å². The van der Waals surface area contributed by atoms with Crippen molar-refractivity contribution in [3.63, 3.8) is 0 Å². The van der Waals surface area contributed by atoms with Crippen LogP contribution in [0.3, 0.4) is 0 Å². The molecule has 1 aliphatic rings. The lowest BCUT2D eigenvalue weighted by molar-refractivity contribution is -0.254. The summed E-state index contributed by atoms with van der Waals surface area (Å²) >= 11 is 0. The maximum atomic E-state index is 13.5. The van der Waals surface area contributed by atoms with E-state index in [0.29, 0.717) is 10.6 Å². The topological polar surface area (TPSA) is 93.9 Å². The van der Waals surface area contributed by atoms with E-state index in [1.807, 2.05) is 5.48 Å². The van der Waals surface area contributed by atoms with Gasteiger partial charge in [-0.05, 0) is 18.2 Å². The fourth-order valence-corrected chi connectivity index (χ4v) is 2.28. The van der Waals surface area contributed by atoms with Crippen molar-refractivity contribution in [1.29, 1.82) is 0 Å². The third-order valence-electron chi connectivity index (χ3n) is 3.53. The van der Waals surface area contributed by atoms with Crippen LogP contribution in [-0.2, 0) is 0 Å². The maximum Gasteiger partial charge on any atom is 0.438 e. The predicted molar refractivity (Wildman–Crippen MR) is 78.5 cm³/mol. The number of hydrogen-bond acceptors (Lipinski definition) is 7. The van der Waals surface area contributed by atoms with Crippen LogP contribution in [0.15, 0.2) is 48.0 Å². The van der Waals surface area contributed by atoms with Gasteiger partial charge < -0.3 is 5.11 Å². The molecular formula is C14H12F3N5O2. The normalized spacial score (nSPS) is 20.9. The first-order valence-electron chi connectivity index (χ1n) is 6.78. The Morgan fingerprint density at radius 2 is 2.00 bits per heavy atom. The average molecular weight is 339 g/mol. The van der Waals surface area contributed by atoms with E-state index >= 15 is 0 Å². The molecule has 0 amide bonds. The Morgan fingerprint density at radius 1 is 1.21 bits per heavy atom. The highest BCUT2D eigenvalue weighted by Crippen LogP contribution is 2.43. The van der Waals surface area contributed by atoms with Gasteiger partial charge in [0.2, 0.25) is 0 Å². The van der Waals surface area contributed by atoms with E-state index in [1.165, 1.54) is 24.5 Å². The first-order valence-corrected chi connectivity index (χ1v) is 6.78. The van der Waals surface area contributed by atoms with Gasteiger partial charge in [-0.2, -0.15) is 18.3 Å². The van der Waals surface area contributed by atoms with Crippen molar-refractivity contribution in [2.24, 2.45) is 5.10 Å². The summed E-state index contributed by atoms with van der Waals surface area (Å²) in [5.41, 5.74) is -0.809. The highest BCUT2D eigenvalue weighted by molar-refractivity contribution is 6.03. The predicted octanol–water partition coefficient (Wildman–Crippen LogP) is 2.14. The number of hydrogen-bond donors (Lipinski definition) is 3. The number of halogens is 3. The van der Waals surface area contributed by atoms with E-state index in [-0.39, 0.29) is 17.2 Å². The van der Waals surface area contributed by atoms with Gasteiger partial charge in [0.1, 0.15) is 0 Å². The summed E-state index contributed by atoms with van der Waals surface area (Å²) in [4.78, 5) is 7.64. The molecule has 0 aromatic carbocycles. The van der Waals surface area contributed by atoms with Crippen molar-refractivity contribution in [2.75, 3.05) is 10.5 Å². The van der Waals surface area contributed by atoms with Crippen LogP contribution in [0.25, 0.3) is 0 Å². The standard InChI is InChI=1S/C14H12F3N5O2/c15-14(16,17)13(23)6-11(9-2-1-5-18-7-9)20-22(13)12-4-3-10(21-24)8-19-12/h1-5,7-8,21,23-24H,6H2. The van der Waals surface area contributed by atoms with Crippen LogP contribution >= 0.6 is 0 Å². The number of alkyl halides is 3. The third-order valence-corrected chi connectivity index (χ3v) is 3.53. The highest BCUT2D eigenvalue weighted by atomic mass is 19.4. The van der Waals surface area contributed by atoms with Crippen LogP contribution in [0.5, 0.6) is 0 Å². The Kier molecular flexibility index (Phi) is 3.85. The van der Waals surface area contributed by atoms with Gasteiger partial charge in [0.05, 0.1) is 24.0 Å². The average Bonchev–Trinajstić information content (AvgIpc) is 2.95. The lowest BCUT2D eigenvalue weighted by Crippen LogP contribution is -2.55. The fourth-order valence-electron chi connectivity index (χ4n) is 2.28. The molecule has 3 N–H and O–H groups in total. The summed E-state index contributed by atoms with van der Waals surface area (Å²) in [6.07, 6.45) is -1.76. The van der Waals surface area contributed by atoms with E-state index in [0.717, 1.165) is 6.20 Å². The van der Waals surface area contributed by atoms with Gasteiger partial charge in [0.15, 0.2) is 5.82 Å². The van der Waals surface area contributed by atoms with Crippen molar-refractivity contribution >= 4 is 17.2 Å². The highest BCUT2D eigenvalue weighted by Gasteiger charge is 2.62. The minimum atomic E-state index is -4.96. The SMILES string of the molecule is ONc1ccc(N2N=C(c3cccnc3)CC2(O)C(F)(F)F)nc1. The monoisotopic (exact) mass is 339 g/mol. The molecule has 7 nitrogen and oxygen atoms in total. The third kappa shape index (κ3) is 2.65. The Hall–Kier alpha value is -2.72. The zero-order valence-electron chi connectivity index (χ0n) is 12.1. The van der Waals surface area contributed by atoms with Gasteiger partial charge in [-0.25, -0.2) is 9.99 Å². The smallest absolute Gasteiger partial charge is 0.362 e. The number of aliphatic hydroxyl groups is 1. The maximum absolute atomic E-state index is 13.5. The van der Waals surface area contributed by atoms with E-state index in [9.17, 15) is 18.3 Å². The van der Waals surface area contributed by atoms with Crippen LogP contribution in [-0.4, -0.2) is 37.9 Å². The van der Waals surface area contributed by atoms with Gasteiger partial charge in [-0.1, -0.05) is 6.07 Å². The molecule has 0 aliphatic carbocycles. The number of pyridine rings is 2. The molecule has 0 fully saturated rings. The van der Waals surface area contributed by atoms with Gasteiger partial charge in [-0.3, -0.25) is 15.7 Å². The molecule has 0 saturated carbocycles. The van der Waals surface area contributed by atoms with Gasteiger partial charge in [0, 0.05) is 18.0 Å². The summed E-state index contributed by atoms with van der Waals surface area (Å²) in [6.45, 7) is 0. The first-order chi connectivity index (χ1) is 11.3. The minimum absolute atomic E-state index is 0.0362. The second-order valence-electron chi connectivity index (χ2n) is 5.11. The molecule has 0 saturated heterocycles. The second kappa shape index (κ2) is 5.73. The van der Waals surface area contributed by atoms with Crippen molar-refractivity contribution in [1.82, 2.24) is 9.97 Å². The molecule has 24 heavy (non-hydrogen) atoms. The van der Waals surface area contributed by atoms with Gasteiger partial charge >= 0.3 is 6.18 Å². The van der Waals surface area contributed by atoms with Crippen molar-refractivity contribution < 1.29 is 23.5 Å². The molecule has 1 aliphatic heterocycles. The van der Waals surface area contributed by atoms with Gasteiger partial charge in [0.25, 0.3) is 5.72 Å². The Bertz CT molecular complexity index is 751. The van der Waals surface area contributed by atoms with Crippen LogP contribution in [0, 0.1) is 0 Å². The number of nitrogens with zero attached hydrogens (tertiary/aromatic N) is 4.